The molecule has 0 heterocycles. The average Bonchev–Trinajstić information content (AvgIpc) is 1.81. The van der Waals surface area contributed by atoms with E-state index in [1.54, 1.807) is 6.61 Å². The number of allylic oxidation sites excluding steroid dienone is 1. The molecule has 0 aliphatic heterocycles. The van der Waals surface area contributed by atoms with Gasteiger partial charge in [-0.05, 0) is 6.92 Å². The number of hydrogen-bond donors (Lipinski definition) is 0. The van der Waals surface area contributed by atoms with Gasteiger partial charge in [0.15, 0.2) is 0 Å². The van der Waals surface area contributed by atoms with Crippen LogP contribution in [0.1, 0.15) is 6.92 Å². The first kappa shape index (κ1) is 7.99. The van der Waals surface area contributed by atoms with Crippen LogP contribution in [0.3, 0.4) is 0 Å². The first-order valence-electron chi connectivity index (χ1n) is 2.52. The van der Waals surface area contributed by atoms with Crippen molar-refractivity contribution in [3.05, 3.63) is 18.8 Å². The molecule has 0 aromatic carbocycles. The van der Waals surface area contributed by atoms with Crippen LogP contribution < -0.4 is 0 Å². The summed E-state index contributed by atoms with van der Waals surface area (Å²) in [7, 11) is 0. The predicted molar refractivity (Wildman–Crippen MR) is 35.8 cm³/mol. The first-order valence-corrected chi connectivity index (χ1v) is 3.05. The highest BCUT2D eigenvalue weighted by atomic mass is 35.5. The normalized spacial score (nSPS) is 10.8. The summed E-state index contributed by atoms with van der Waals surface area (Å²) >= 11 is 5.33. The Labute approximate surface area is 55.3 Å². The lowest BCUT2D eigenvalue weighted by Gasteiger charge is -1.89. The molecule has 0 fully saturated rings. The molecule has 0 spiro atoms. The largest absolute Gasteiger partial charge is 0.372 e. The topological polar surface area (TPSA) is 9.23 Å². The fourth-order valence-corrected chi connectivity index (χ4v) is 0.409. The van der Waals surface area contributed by atoms with Gasteiger partial charge in [0.2, 0.25) is 0 Å². The lowest BCUT2D eigenvalue weighted by atomic mass is 10.5. The number of halogens is 1. The summed E-state index contributed by atoms with van der Waals surface area (Å²) in [6.07, 6.45) is 3.73. The van der Waals surface area contributed by atoms with E-state index < -0.39 is 0 Å². The van der Waals surface area contributed by atoms with Crippen LogP contribution in [0.4, 0.5) is 0 Å². The van der Waals surface area contributed by atoms with Gasteiger partial charge in [0, 0.05) is 5.88 Å². The Hall–Kier alpha value is -0.0100. The molecule has 0 atom stereocenters. The summed E-state index contributed by atoms with van der Waals surface area (Å²) in [5.41, 5.74) is 0. The van der Waals surface area contributed by atoms with E-state index >= 15 is 0 Å². The van der Waals surface area contributed by atoms with E-state index in [0.29, 0.717) is 12.5 Å². The van der Waals surface area contributed by atoms with Gasteiger partial charge in [-0.3, -0.25) is 0 Å². The van der Waals surface area contributed by atoms with E-state index in [4.69, 9.17) is 16.3 Å². The van der Waals surface area contributed by atoms with Crippen molar-refractivity contribution in [1.29, 1.82) is 0 Å². The average molecular weight is 134 g/mol. The van der Waals surface area contributed by atoms with Crippen molar-refractivity contribution >= 4 is 11.6 Å². The SMILES string of the molecule is C[CH]OCC=CCCl. The van der Waals surface area contributed by atoms with Gasteiger partial charge in [-0.15, -0.1) is 11.6 Å². The minimum absolute atomic E-state index is 0.563. The maximum Gasteiger partial charge on any atom is 0.0810 e. The van der Waals surface area contributed by atoms with Crippen molar-refractivity contribution in [1.82, 2.24) is 0 Å². The number of hydrogen-bond acceptors (Lipinski definition) is 1. The van der Waals surface area contributed by atoms with Gasteiger partial charge in [0.05, 0.1) is 13.2 Å². The van der Waals surface area contributed by atoms with Crippen molar-refractivity contribution in [3.8, 4) is 0 Å². The van der Waals surface area contributed by atoms with Crippen LogP contribution in [-0.2, 0) is 4.74 Å². The Morgan fingerprint density at radius 2 is 2.25 bits per heavy atom. The smallest absolute Gasteiger partial charge is 0.0810 e. The van der Waals surface area contributed by atoms with Crippen molar-refractivity contribution in [3.63, 3.8) is 0 Å². The van der Waals surface area contributed by atoms with Crippen LogP contribution in [0, 0.1) is 6.61 Å². The molecule has 0 aliphatic rings. The first-order chi connectivity index (χ1) is 3.91. The van der Waals surface area contributed by atoms with Gasteiger partial charge in [-0.1, -0.05) is 12.2 Å². The third-order valence-electron chi connectivity index (χ3n) is 0.615. The van der Waals surface area contributed by atoms with E-state index in [1.165, 1.54) is 0 Å². The fraction of sp³-hybridized carbons (Fsp3) is 0.500. The Balaban J connectivity index is 2.80. The highest BCUT2D eigenvalue weighted by Gasteiger charge is 1.73. The van der Waals surface area contributed by atoms with Crippen molar-refractivity contribution < 1.29 is 4.74 Å². The van der Waals surface area contributed by atoms with Crippen LogP contribution in [0.2, 0.25) is 0 Å². The maximum atomic E-state index is 5.33. The van der Waals surface area contributed by atoms with Crippen molar-refractivity contribution in [2.24, 2.45) is 0 Å². The molecule has 0 unspecified atom stereocenters. The van der Waals surface area contributed by atoms with E-state index in [0.717, 1.165) is 0 Å². The molecule has 0 saturated carbocycles. The Bertz CT molecular complexity index is 61.5. The van der Waals surface area contributed by atoms with Crippen LogP contribution in [0.25, 0.3) is 0 Å². The molecule has 1 radical (unpaired) electrons. The van der Waals surface area contributed by atoms with E-state index in [2.05, 4.69) is 0 Å². The van der Waals surface area contributed by atoms with Crippen LogP contribution >= 0.6 is 11.6 Å². The highest BCUT2D eigenvalue weighted by Crippen LogP contribution is 1.81. The minimum atomic E-state index is 0.563. The molecule has 0 aliphatic carbocycles. The van der Waals surface area contributed by atoms with Crippen LogP contribution in [-0.4, -0.2) is 12.5 Å². The maximum absolute atomic E-state index is 5.33. The second-order valence-electron chi connectivity index (χ2n) is 1.19. The third-order valence-corrected chi connectivity index (χ3v) is 0.793. The standard InChI is InChI=1S/C6H10ClO/c1-2-8-6-4-3-5-7/h2-4H,5-6H2,1H3. The van der Waals surface area contributed by atoms with Gasteiger partial charge in [-0.25, -0.2) is 0 Å². The zero-order valence-electron chi connectivity index (χ0n) is 4.93. The summed E-state index contributed by atoms with van der Waals surface area (Å²) in [5.74, 6) is 0.563. The van der Waals surface area contributed by atoms with Gasteiger partial charge in [-0.2, -0.15) is 0 Å². The number of rotatable bonds is 4. The molecule has 0 aromatic heterocycles. The zero-order valence-corrected chi connectivity index (χ0v) is 5.69. The fourth-order valence-electron chi connectivity index (χ4n) is 0.283. The molecule has 0 aromatic rings. The van der Waals surface area contributed by atoms with Crippen LogP contribution in [0.5, 0.6) is 0 Å². The van der Waals surface area contributed by atoms with Crippen molar-refractivity contribution in [2.75, 3.05) is 12.5 Å². The zero-order chi connectivity index (χ0) is 6.24. The summed E-state index contributed by atoms with van der Waals surface area (Å²) in [4.78, 5) is 0. The molecule has 0 bridgehead atoms. The number of alkyl halides is 1. The molecule has 2 heteroatoms. The van der Waals surface area contributed by atoms with Crippen molar-refractivity contribution in [2.45, 2.75) is 6.92 Å². The Morgan fingerprint density at radius 1 is 1.50 bits per heavy atom. The second kappa shape index (κ2) is 6.99. The number of ether oxygens (including phenoxy) is 1. The highest BCUT2D eigenvalue weighted by molar-refractivity contribution is 6.18. The molecule has 8 heavy (non-hydrogen) atoms. The van der Waals surface area contributed by atoms with Gasteiger partial charge in [0.1, 0.15) is 0 Å². The van der Waals surface area contributed by atoms with Crippen LogP contribution in [0.15, 0.2) is 12.2 Å². The third kappa shape index (κ3) is 5.99. The molecule has 0 saturated heterocycles. The Morgan fingerprint density at radius 3 is 2.75 bits per heavy atom. The Kier molecular flexibility index (Phi) is 6.98. The molecule has 47 valence electrons. The van der Waals surface area contributed by atoms with Gasteiger partial charge >= 0.3 is 0 Å². The molecule has 0 N–H and O–H groups in total. The lowest BCUT2D eigenvalue weighted by Crippen LogP contribution is -1.82. The summed E-state index contributed by atoms with van der Waals surface area (Å²) in [6.45, 7) is 4.12. The molecular formula is C6H10ClO. The quantitative estimate of drug-likeness (QED) is 0.324. The predicted octanol–water partition coefficient (Wildman–Crippen LogP) is 1.98. The van der Waals surface area contributed by atoms with E-state index in [-0.39, 0.29) is 0 Å². The monoisotopic (exact) mass is 133 g/mol. The van der Waals surface area contributed by atoms with Gasteiger partial charge < -0.3 is 4.74 Å². The molecule has 0 amide bonds. The van der Waals surface area contributed by atoms with Gasteiger partial charge in [0.25, 0.3) is 0 Å². The molecule has 1 nitrogen and oxygen atoms in total. The van der Waals surface area contributed by atoms with E-state index in [9.17, 15) is 0 Å². The van der Waals surface area contributed by atoms with E-state index in [1.807, 2.05) is 19.1 Å². The molecule has 0 rings (SSSR count). The molecular weight excluding hydrogens is 124 g/mol. The summed E-state index contributed by atoms with van der Waals surface area (Å²) in [6, 6.07) is 0. The summed E-state index contributed by atoms with van der Waals surface area (Å²) in [5, 5.41) is 0. The summed E-state index contributed by atoms with van der Waals surface area (Å²) < 4.78 is 4.87. The lowest BCUT2D eigenvalue weighted by molar-refractivity contribution is 0.239. The minimum Gasteiger partial charge on any atom is -0.372 e. The second-order valence-corrected chi connectivity index (χ2v) is 1.50.